The van der Waals surface area contributed by atoms with Crippen LogP contribution in [0, 0.1) is 12.7 Å². The first-order valence-corrected chi connectivity index (χ1v) is 6.54. The van der Waals surface area contributed by atoms with Gasteiger partial charge in [0.1, 0.15) is 0 Å². The van der Waals surface area contributed by atoms with Crippen LogP contribution >= 0.6 is 0 Å². The van der Waals surface area contributed by atoms with Crippen LogP contribution in [0.5, 0.6) is 5.75 Å². The zero-order valence-electron chi connectivity index (χ0n) is 11.8. The third-order valence-corrected chi connectivity index (χ3v) is 3.14. The summed E-state index contributed by atoms with van der Waals surface area (Å²) in [6.07, 6.45) is 3.69. The molecule has 1 N–H and O–H groups in total. The van der Waals surface area contributed by atoms with Crippen LogP contribution in [0.2, 0.25) is 0 Å². The molecule has 0 unspecified atom stereocenters. The van der Waals surface area contributed by atoms with E-state index in [1.54, 1.807) is 22.8 Å². The molecule has 0 amide bonds. The van der Waals surface area contributed by atoms with Crippen LogP contribution in [0.4, 0.5) is 10.1 Å². The molecule has 0 fully saturated rings. The lowest BCUT2D eigenvalue weighted by molar-refractivity contribution is 0.386. The van der Waals surface area contributed by atoms with E-state index in [2.05, 4.69) is 15.4 Å². The SMILES string of the molecule is COc1ccc(NCc2cnc3cc(C)nn3c2)cc1F. The van der Waals surface area contributed by atoms with Gasteiger partial charge in [0.25, 0.3) is 0 Å². The van der Waals surface area contributed by atoms with Gasteiger partial charge in [-0.2, -0.15) is 5.10 Å². The smallest absolute Gasteiger partial charge is 0.167 e. The van der Waals surface area contributed by atoms with E-state index in [0.717, 1.165) is 16.9 Å². The molecule has 5 nitrogen and oxygen atoms in total. The Bertz CT molecular complexity index is 784. The molecule has 6 heteroatoms. The van der Waals surface area contributed by atoms with Gasteiger partial charge in [-0.3, -0.25) is 0 Å². The number of anilines is 1. The zero-order valence-corrected chi connectivity index (χ0v) is 11.8. The highest BCUT2D eigenvalue weighted by Crippen LogP contribution is 2.21. The van der Waals surface area contributed by atoms with Crippen molar-refractivity contribution in [1.29, 1.82) is 0 Å². The fourth-order valence-electron chi connectivity index (χ4n) is 2.11. The van der Waals surface area contributed by atoms with Crippen molar-refractivity contribution in [3.63, 3.8) is 0 Å². The minimum atomic E-state index is -0.390. The molecule has 21 heavy (non-hydrogen) atoms. The number of ether oxygens (including phenoxy) is 1. The molecule has 0 saturated heterocycles. The number of hydrogen-bond donors (Lipinski definition) is 1. The van der Waals surface area contributed by atoms with Crippen LogP contribution in [0.25, 0.3) is 5.65 Å². The predicted molar refractivity (Wildman–Crippen MR) is 78.0 cm³/mol. The van der Waals surface area contributed by atoms with Crippen molar-refractivity contribution in [2.24, 2.45) is 0 Å². The Morgan fingerprint density at radius 3 is 2.95 bits per heavy atom. The molecular formula is C15H15FN4O. The summed E-state index contributed by atoms with van der Waals surface area (Å²) in [4.78, 5) is 4.33. The minimum absolute atomic E-state index is 0.232. The molecule has 0 aliphatic carbocycles. The molecule has 2 aromatic heterocycles. The lowest BCUT2D eigenvalue weighted by Crippen LogP contribution is -2.03. The molecule has 3 rings (SSSR count). The average molecular weight is 286 g/mol. The van der Waals surface area contributed by atoms with Gasteiger partial charge < -0.3 is 10.1 Å². The summed E-state index contributed by atoms with van der Waals surface area (Å²) >= 11 is 0. The van der Waals surface area contributed by atoms with Gasteiger partial charge in [0.15, 0.2) is 17.2 Å². The van der Waals surface area contributed by atoms with Crippen LogP contribution in [-0.4, -0.2) is 21.7 Å². The predicted octanol–water partition coefficient (Wildman–Crippen LogP) is 2.80. The maximum atomic E-state index is 13.6. The van der Waals surface area contributed by atoms with Crippen LogP contribution in [0.3, 0.4) is 0 Å². The van der Waals surface area contributed by atoms with Crippen molar-refractivity contribution in [3.8, 4) is 5.75 Å². The Labute approximate surface area is 121 Å². The second-order valence-electron chi connectivity index (χ2n) is 4.75. The number of aromatic nitrogens is 3. The molecule has 2 heterocycles. The molecule has 1 aromatic carbocycles. The van der Waals surface area contributed by atoms with Crippen molar-refractivity contribution < 1.29 is 9.13 Å². The molecule has 0 bridgehead atoms. The molecule has 0 saturated carbocycles. The molecule has 0 spiro atoms. The van der Waals surface area contributed by atoms with Gasteiger partial charge in [-0.15, -0.1) is 0 Å². The number of hydrogen-bond acceptors (Lipinski definition) is 4. The van der Waals surface area contributed by atoms with E-state index in [4.69, 9.17) is 4.74 Å². The molecule has 108 valence electrons. The summed E-state index contributed by atoms with van der Waals surface area (Å²) in [6, 6.07) is 6.68. The quantitative estimate of drug-likeness (QED) is 0.801. The summed E-state index contributed by atoms with van der Waals surface area (Å²) in [5, 5.41) is 7.46. The highest BCUT2D eigenvalue weighted by atomic mass is 19.1. The number of nitrogens with zero attached hydrogens (tertiary/aromatic N) is 3. The van der Waals surface area contributed by atoms with Crippen LogP contribution in [0.15, 0.2) is 36.7 Å². The standard InChI is InChI=1S/C15H15FN4O/c1-10-5-15-18-8-11(9-20(15)19-10)7-17-12-3-4-14(21-2)13(16)6-12/h3-6,8-9,17H,7H2,1-2H3. The van der Waals surface area contributed by atoms with Crippen molar-refractivity contribution in [1.82, 2.24) is 14.6 Å². The van der Waals surface area contributed by atoms with E-state index in [9.17, 15) is 4.39 Å². The molecule has 3 aromatic rings. The Balaban J connectivity index is 1.75. The van der Waals surface area contributed by atoms with Gasteiger partial charge in [-0.25, -0.2) is 13.9 Å². The summed E-state index contributed by atoms with van der Waals surface area (Å²) < 4.78 is 20.2. The van der Waals surface area contributed by atoms with Gasteiger partial charge in [-0.05, 0) is 19.1 Å². The summed E-state index contributed by atoms with van der Waals surface area (Å²) in [7, 11) is 1.44. The molecule has 0 atom stereocenters. The van der Waals surface area contributed by atoms with E-state index >= 15 is 0 Å². The van der Waals surface area contributed by atoms with Gasteiger partial charge >= 0.3 is 0 Å². The number of halogens is 1. The first kappa shape index (κ1) is 13.4. The van der Waals surface area contributed by atoms with Crippen LogP contribution in [-0.2, 0) is 6.54 Å². The second kappa shape index (κ2) is 5.40. The third-order valence-electron chi connectivity index (χ3n) is 3.14. The molecular weight excluding hydrogens is 271 g/mol. The molecule has 0 aliphatic rings. The van der Waals surface area contributed by atoms with Gasteiger partial charge in [0.05, 0.1) is 12.8 Å². The third kappa shape index (κ3) is 2.79. The van der Waals surface area contributed by atoms with E-state index in [1.807, 2.05) is 19.2 Å². The molecule has 0 radical (unpaired) electrons. The van der Waals surface area contributed by atoms with E-state index in [0.29, 0.717) is 12.2 Å². The number of methoxy groups -OCH3 is 1. The first-order chi connectivity index (χ1) is 10.2. The summed E-state index contributed by atoms with van der Waals surface area (Å²) in [6.45, 7) is 2.46. The normalized spacial score (nSPS) is 10.8. The molecule has 0 aliphatic heterocycles. The lowest BCUT2D eigenvalue weighted by atomic mass is 10.2. The Morgan fingerprint density at radius 1 is 1.33 bits per heavy atom. The minimum Gasteiger partial charge on any atom is -0.494 e. The van der Waals surface area contributed by atoms with Crippen LogP contribution < -0.4 is 10.1 Å². The van der Waals surface area contributed by atoms with Crippen molar-refractivity contribution in [2.45, 2.75) is 13.5 Å². The zero-order chi connectivity index (χ0) is 14.8. The van der Waals surface area contributed by atoms with Crippen molar-refractivity contribution in [2.75, 3.05) is 12.4 Å². The lowest BCUT2D eigenvalue weighted by Gasteiger charge is -2.08. The number of fused-ring (bicyclic) bond motifs is 1. The topological polar surface area (TPSA) is 51.5 Å². The van der Waals surface area contributed by atoms with Gasteiger partial charge in [0.2, 0.25) is 0 Å². The monoisotopic (exact) mass is 286 g/mol. The number of rotatable bonds is 4. The maximum Gasteiger partial charge on any atom is 0.167 e. The van der Waals surface area contributed by atoms with E-state index < -0.39 is 5.82 Å². The summed E-state index contributed by atoms with van der Waals surface area (Å²) in [5.41, 5.74) is 3.38. The Morgan fingerprint density at radius 2 is 2.19 bits per heavy atom. The van der Waals surface area contributed by atoms with Gasteiger partial charge in [0, 0.05) is 42.3 Å². The Kier molecular flexibility index (Phi) is 3.43. The van der Waals surface area contributed by atoms with E-state index in [1.165, 1.54) is 13.2 Å². The summed E-state index contributed by atoms with van der Waals surface area (Å²) in [5.74, 6) is -0.158. The van der Waals surface area contributed by atoms with E-state index in [-0.39, 0.29) is 5.75 Å². The van der Waals surface area contributed by atoms with Crippen molar-refractivity contribution in [3.05, 3.63) is 53.7 Å². The average Bonchev–Trinajstić information content (AvgIpc) is 2.84. The second-order valence-corrected chi connectivity index (χ2v) is 4.75. The maximum absolute atomic E-state index is 13.6. The van der Waals surface area contributed by atoms with Crippen molar-refractivity contribution >= 4 is 11.3 Å². The first-order valence-electron chi connectivity index (χ1n) is 6.54. The van der Waals surface area contributed by atoms with Crippen LogP contribution in [0.1, 0.15) is 11.3 Å². The Hall–Kier alpha value is -2.63. The fraction of sp³-hybridized carbons (Fsp3) is 0.200. The number of aryl methyl sites for hydroxylation is 1. The van der Waals surface area contributed by atoms with Gasteiger partial charge in [-0.1, -0.05) is 0 Å². The number of benzene rings is 1. The highest BCUT2D eigenvalue weighted by Gasteiger charge is 2.04. The highest BCUT2D eigenvalue weighted by molar-refractivity contribution is 5.48. The largest absolute Gasteiger partial charge is 0.494 e. The number of nitrogens with one attached hydrogen (secondary N) is 1. The fourth-order valence-corrected chi connectivity index (χ4v) is 2.11.